The van der Waals surface area contributed by atoms with Gasteiger partial charge in [0.2, 0.25) is 11.8 Å². The molecule has 31 heavy (non-hydrogen) atoms. The van der Waals surface area contributed by atoms with Crippen LogP contribution in [0.15, 0.2) is 48.5 Å². The van der Waals surface area contributed by atoms with Gasteiger partial charge in [0.1, 0.15) is 6.04 Å². The molecule has 2 atom stereocenters. The molecule has 0 heterocycles. The third-order valence-electron chi connectivity index (χ3n) is 5.40. The Morgan fingerprint density at radius 1 is 1.06 bits per heavy atom. The first kappa shape index (κ1) is 25.3. The van der Waals surface area contributed by atoms with Crippen LogP contribution in [-0.2, 0) is 21.9 Å². The van der Waals surface area contributed by atoms with Crippen LogP contribution in [0.2, 0.25) is 5.02 Å². The SMILES string of the molecule is CC[C@H](C)NC(=O)[C@H](CC)N(Cc1ccccc1C)C(=O)CSCc1ccc(Cl)cc1. The summed E-state index contributed by atoms with van der Waals surface area (Å²) in [5, 5.41) is 3.75. The maximum absolute atomic E-state index is 13.3. The zero-order chi connectivity index (χ0) is 22.8. The van der Waals surface area contributed by atoms with Crippen molar-refractivity contribution in [2.75, 3.05) is 5.75 Å². The largest absolute Gasteiger partial charge is 0.352 e. The molecule has 0 spiro atoms. The molecule has 0 fully saturated rings. The predicted molar refractivity (Wildman–Crippen MR) is 131 cm³/mol. The number of carbonyl (C=O) groups excluding carboxylic acids is 2. The van der Waals surface area contributed by atoms with Gasteiger partial charge in [-0.15, -0.1) is 11.8 Å². The second kappa shape index (κ2) is 12.8. The Kier molecular flexibility index (Phi) is 10.4. The van der Waals surface area contributed by atoms with Gasteiger partial charge in [-0.25, -0.2) is 0 Å². The highest BCUT2D eigenvalue weighted by Gasteiger charge is 2.29. The van der Waals surface area contributed by atoms with Crippen molar-refractivity contribution in [1.29, 1.82) is 0 Å². The summed E-state index contributed by atoms with van der Waals surface area (Å²) in [6.45, 7) is 8.45. The van der Waals surface area contributed by atoms with Gasteiger partial charge in [0.25, 0.3) is 0 Å². The number of thioether (sulfide) groups is 1. The van der Waals surface area contributed by atoms with Crippen molar-refractivity contribution in [3.63, 3.8) is 0 Å². The first-order valence-corrected chi connectivity index (χ1v) is 12.4. The summed E-state index contributed by atoms with van der Waals surface area (Å²) in [6.07, 6.45) is 1.42. The molecule has 2 rings (SSSR count). The van der Waals surface area contributed by atoms with Gasteiger partial charge in [0.05, 0.1) is 5.75 Å². The van der Waals surface area contributed by atoms with Crippen molar-refractivity contribution < 1.29 is 9.59 Å². The number of benzene rings is 2. The first-order valence-electron chi connectivity index (χ1n) is 10.8. The number of aryl methyl sites for hydroxylation is 1. The van der Waals surface area contributed by atoms with Crippen molar-refractivity contribution in [2.45, 2.75) is 64.9 Å². The lowest BCUT2D eigenvalue weighted by Gasteiger charge is -2.32. The molecule has 0 saturated carbocycles. The van der Waals surface area contributed by atoms with Gasteiger partial charge < -0.3 is 10.2 Å². The fraction of sp³-hybridized carbons (Fsp3) is 0.440. The normalized spacial score (nSPS) is 12.8. The Bertz CT molecular complexity index is 857. The number of amides is 2. The van der Waals surface area contributed by atoms with Crippen LogP contribution in [0.1, 0.15) is 50.3 Å². The summed E-state index contributed by atoms with van der Waals surface area (Å²) in [7, 11) is 0. The van der Waals surface area contributed by atoms with Crippen LogP contribution in [0.4, 0.5) is 0 Å². The van der Waals surface area contributed by atoms with Crippen molar-refractivity contribution in [3.8, 4) is 0 Å². The highest BCUT2D eigenvalue weighted by atomic mass is 35.5. The molecule has 0 aliphatic carbocycles. The molecule has 0 aliphatic heterocycles. The molecule has 0 aliphatic rings. The summed E-state index contributed by atoms with van der Waals surface area (Å²) in [5.74, 6) is 0.938. The lowest BCUT2D eigenvalue weighted by Crippen LogP contribution is -2.51. The third kappa shape index (κ3) is 7.89. The van der Waals surface area contributed by atoms with E-state index in [2.05, 4.69) is 5.32 Å². The molecule has 0 aromatic heterocycles. The van der Waals surface area contributed by atoms with Gasteiger partial charge in [-0.3, -0.25) is 9.59 Å². The van der Waals surface area contributed by atoms with Crippen molar-refractivity contribution in [3.05, 3.63) is 70.2 Å². The standard InChI is InChI=1S/C25H33ClN2O2S/c1-5-19(4)27-25(30)23(6-2)28(15-21-10-8-7-9-18(21)3)24(29)17-31-16-20-11-13-22(26)14-12-20/h7-14,19,23H,5-6,15-17H2,1-4H3,(H,27,30)/t19-,23-/m0/s1. The Balaban J connectivity index is 2.14. The molecular formula is C25H33ClN2O2S. The lowest BCUT2D eigenvalue weighted by molar-refractivity contribution is -0.139. The van der Waals surface area contributed by atoms with Crippen molar-refractivity contribution >= 4 is 35.2 Å². The Morgan fingerprint density at radius 3 is 2.35 bits per heavy atom. The Labute approximate surface area is 195 Å². The van der Waals surface area contributed by atoms with Gasteiger partial charge in [0, 0.05) is 23.4 Å². The van der Waals surface area contributed by atoms with E-state index in [1.54, 1.807) is 16.7 Å². The second-order valence-corrected chi connectivity index (χ2v) is 9.23. The zero-order valence-electron chi connectivity index (χ0n) is 18.9. The molecule has 4 nitrogen and oxygen atoms in total. The minimum Gasteiger partial charge on any atom is -0.352 e. The highest BCUT2D eigenvalue weighted by Crippen LogP contribution is 2.20. The van der Waals surface area contributed by atoms with Gasteiger partial charge >= 0.3 is 0 Å². The summed E-state index contributed by atoms with van der Waals surface area (Å²) < 4.78 is 0. The first-order chi connectivity index (χ1) is 14.8. The fourth-order valence-electron chi connectivity index (χ4n) is 3.25. The third-order valence-corrected chi connectivity index (χ3v) is 6.64. The number of halogens is 1. The predicted octanol–water partition coefficient (Wildman–Crippen LogP) is 5.60. The molecule has 6 heteroatoms. The molecule has 0 radical (unpaired) electrons. The van der Waals surface area contributed by atoms with E-state index in [0.29, 0.717) is 23.7 Å². The molecule has 0 bridgehead atoms. The van der Waals surface area contributed by atoms with Gasteiger partial charge in [-0.2, -0.15) is 0 Å². The van der Waals surface area contributed by atoms with Crippen LogP contribution < -0.4 is 5.32 Å². The smallest absolute Gasteiger partial charge is 0.243 e. The molecule has 2 aromatic carbocycles. The number of rotatable bonds is 11. The summed E-state index contributed by atoms with van der Waals surface area (Å²) in [5.41, 5.74) is 3.30. The number of carbonyl (C=O) groups is 2. The monoisotopic (exact) mass is 460 g/mol. The van der Waals surface area contributed by atoms with E-state index >= 15 is 0 Å². The van der Waals surface area contributed by atoms with Crippen LogP contribution in [0.25, 0.3) is 0 Å². The number of hydrogen-bond acceptors (Lipinski definition) is 3. The topological polar surface area (TPSA) is 49.4 Å². The van der Waals surface area contributed by atoms with E-state index in [0.717, 1.165) is 28.9 Å². The van der Waals surface area contributed by atoms with Crippen LogP contribution in [0.5, 0.6) is 0 Å². The average Bonchev–Trinajstić information content (AvgIpc) is 2.76. The zero-order valence-corrected chi connectivity index (χ0v) is 20.4. The van der Waals surface area contributed by atoms with Crippen molar-refractivity contribution in [2.24, 2.45) is 0 Å². The molecular weight excluding hydrogens is 428 g/mol. The van der Waals surface area contributed by atoms with Crippen molar-refractivity contribution in [1.82, 2.24) is 10.2 Å². The molecule has 0 unspecified atom stereocenters. The van der Waals surface area contributed by atoms with Gasteiger partial charge in [-0.1, -0.05) is 61.8 Å². The minimum atomic E-state index is -0.489. The van der Waals surface area contributed by atoms with Crippen LogP contribution in [0.3, 0.4) is 0 Å². The number of nitrogens with zero attached hydrogens (tertiary/aromatic N) is 1. The summed E-state index contributed by atoms with van der Waals surface area (Å²) >= 11 is 7.50. The van der Waals surface area contributed by atoms with E-state index in [1.165, 1.54) is 0 Å². The van der Waals surface area contributed by atoms with E-state index < -0.39 is 6.04 Å². The summed E-state index contributed by atoms with van der Waals surface area (Å²) in [6, 6.07) is 15.3. The maximum Gasteiger partial charge on any atom is 0.243 e. The molecule has 2 aromatic rings. The van der Waals surface area contributed by atoms with Gasteiger partial charge in [0.15, 0.2) is 0 Å². The Morgan fingerprint density at radius 2 is 1.74 bits per heavy atom. The summed E-state index contributed by atoms with van der Waals surface area (Å²) in [4.78, 5) is 28.0. The van der Waals surface area contributed by atoms with E-state index in [9.17, 15) is 9.59 Å². The molecule has 0 saturated heterocycles. The Hall–Kier alpha value is -1.98. The van der Waals surface area contributed by atoms with E-state index in [-0.39, 0.29) is 17.9 Å². The number of nitrogens with one attached hydrogen (secondary N) is 1. The fourth-order valence-corrected chi connectivity index (χ4v) is 4.25. The molecule has 168 valence electrons. The van der Waals surface area contributed by atoms with Crippen LogP contribution >= 0.6 is 23.4 Å². The quantitative estimate of drug-likeness (QED) is 0.474. The second-order valence-electron chi connectivity index (χ2n) is 7.81. The molecule has 1 N–H and O–H groups in total. The minimum absolute atomic E-state index is 0.0200. The lowest BCUT2D eigenvalue weighted by atomic mass is 10.1. The van der Waals surface area contributed by atoms with Crippen LogP contribution in [0, 0.1) is 6.92 Å². The van der Waals surface area contributed by atoms with Gasteiger partial charge in [-0.05, 0) is 55.5 Å². The van der Waals surface area contributed by atoms with E-state index in [4.69, 9.17) is 11.6 Å². The van der Waals surface area contributed by atoms with E-state index in [1.807, 2.05) is 76.2 Å². The maximum atomic E-state index is 13.3. The van der Waals surface area contributed by atoms with Crippen LogP contribution in [-0.4, -0.2) is 34.6 Å². The highest BCUT2D eigenvalue weighted by molar-refractivity contribution is 7.99. The number of hydrogen-bond donors (Lipinski definition) is 1. The molecule has 2 amide bonds. The average molecular weight is 461 g/mol.